The molecule has 0 amide bonds. The second kappa shape index (κ2) is 11.8. The van der Waals surface area contributed by atoms with Gasteiger partial charge < -0.3 is 34.8 Å². The Kier molecular flexibility index (Phi) is 8.32. The summed E-state index contributed by atoms with van der Waals surface area (Å²) >= 11 is 0. The molecule has 0 saturated carbocycles. The average Bonchev–Trinajstić information content (AvgIpc) is 2.87. The molecule has 0 saturated heterocycles. The van der Waals surface area contributed by atoms with Crippen molar-refractivity contribution >= 4 is 0 Å². The van der Waals surface area contributed by atoms with Gasteiger partial charge in [0, 0.05) is 6.54 Å². The molecule has 0 radical (unpaired) electrons. The summed E-state index contributed by atoms with van der Waals surface area (Å²) in [6.45, 7) is 1.99. The van der Waals surface area contributed by atoms with Crippen molar-refractivity contribution in [3.63, 3.8) is 0 Å². The number of ether oxygens (including phenoxy) is 3. The molecule has 1 aliphatic rings. The first-order valence-corrected chi connectivity index (χ1v) is 11.3. The van der Waals surface area contributed by atoms with E-state index in [2.05, 4.69) is 10.3 Å². The molecule has 8 nitrogen and oxygen atoms in total. The highest BCUT2D eigenvalue weighted by Crippen LogP contribution is 2.33. The minimum atomic E-state index is -0.845. The summed E-state index contributed by atoms with van der Waals surface area (Å²) in [6, 6.07) is 18.9. The predicted octanol–water partition coefficient (Wildman–Crippen LogP) is 2.50. The fourth-order valence-corrected chi connectivity index (χ4v) is 3.67. The number of hydrogen-bond donors (Lipinski definition) is 4. The average molecular weight is 467 g/mol. The molecular weight excluding hydrogens is 436 g/mol. The maximum Gasteiger partial charge on any atom is 0.162 e. The first-order valence-electron chi connectivity index (χ1n) is 11.3. The molecule has 2 atom stereocenters. The second-order valence-corrected chi connectivity index (χ2v) is 8.16. The van der Waals surface area contributed by atoms with Gasteiger partial charge in [0.2, 0.25) is 0 Å². The summed E-state index contributed by atoms with van der Waals surface area (Å²) in [4.78, 5) is 4.09. The number of aliphatic hydroxyl groups is 2. The maximum absolute atomic E-state index is 10.3. The Balaban J connectivity index is 1.22. The summed E-state index contributed by atoms with van der Waals surface area (Å²) in [5, 5.41) is 32.3. The number of pyridine rings is 1. The Morgan fingerprint density at radius 2 is 1.91 bits per heavy atom. The Bertz CT molecular complexity index is 1060. The van der Waals surface area contributed by atoms with Crippen molar-refractivity contribution in [1.82, 2.24) is 10.3 Å². The topological polar surface area (TPSA) is 113 Å². The molecular formula is C26H30N2O6. The summed E-state index contributed by atoms with van der Waals surface area (Å²) in [5.41, 5.74) is 2.75. The maximum atomic E-state index is 10.3. The number of rotatable bonds is 11. The van der Waals surface area contributed by atoms with E-state index in [4.69, 9.17) is 14.2 Å². The summed E-state index contributed by atoms with van der Waals surface area (Å²) < 4.78 is 17.7. The minimum Gasteiger partial charge on any atom is -0.506 e. The SMILES string of the molecule is OCc1nc(C(O)CNCCc2ccc3c(c2)OC(COCc2ccccc2)CO3)ccc1O. The van der Waals surface area contributed by atoms with Crippen molar-refractivity contribution in [1.29, 1.82) is 0 Å². The van der Waals surface area contributed by atoms with Gasteiger partial charge in [0.05, 0.1) is 25.5 Å². The van der Waals surface area contributed by atoms with E-state index in [1.54, 1.807) is 6.07 Å². The molecule has 180 valence electrons. The molecule has 34 heavy (non-hydrogen) atoms. The van der Waals surface area contributed by atoms with E-state index in [9.17, 15) is 15.3 Å². The molecule has 0 spiro atoms. The summed E-state index contributed by atoms with van der Waals surface area (Å²) in [7, 11) is 0. The molecule has 2 heterocycles. The van der Waals surface area contributed by atoms with Crippen molar-refractivity contribution in [3.8, 4) is 17.2 Å². The van der Waals surface area contributed by atoms with Crippen LogP contribution >= 0.6 is 0 Å². The summed E-state index contributed by atoms with van der Waals surface area (Å²) in [6.07, 6.45) is -0.271. The number of nitrogens with one attached hydrogen (secondary N) is 1. The molecule has 3 aromatic rings. The van der Waals surface area contributed by atoms with Gasteiger partial charge in [-0.2, -0.15) is 0 Å². The zero-order valence-electron chi connectivity index (χ0n) is 18.9. The lowest BCUT2D eigenvalue weighted by atomic mass is 10.1. The van der Waals surface area contributed by atoms with E-state index in [-0.39, 0.29) is 24.2 Å². The van der Waals surface area contributed by atoms with Gasteiger partial charge in [-0.15, -0.1) is 0 Å². The second-order valence-electron chi connectivity index (χ2n) is 8.16. The fourth-order valence-electron chi connectivity index (χ4n) is 3.67. The van der Waals surface area contributed by atoms with Crippen LogP contribution in [0.15, 0.2) is 60.7 Å². The monoisotopic (exact) mass is 466 g/mol. The highest BCUT2D eigenvalue weighted by molar-refractivity contribution is 5.44. The van der Waals surface area contributed by atoms with Crippen molar-refractivity contribution < 1.29 is 29.5 Å². The Morgan fingerprint density at radius 3 is 2.74 bits per heavy atom. The molecule has 2 unspecified atom stereocenters. The van der Waals surface area contributed by atoms with Crippen LogP contribution in [0.2, 0.25) is 0 Å². The van der Waals surface area contributed by atoms with Crippen LogP contribution < -0.4 is 14.8 Å². The number of aliphatic hydroxyl groups excluding tert-OH is 2. The van der Waals surface area contributed by atoms with Crippen LogP contribution in [0.25, 0.3) is 0 Å². The number of aromatic hydroxyl groups is 1. The van der Waals surface area contributed by atoms with E-state index in [0.29, 0.717) is 44.4 Å². The zero-order valence-corrected chi connectivity index (χ0v) is 18.9. The van der Waals surface area contributed by atoms with E-state index >= 15 is 0 Å². The number of benzene rings is 2. The lowest BCUT2D eigenvalue weighted by Gasteiger charge is -2.27. The first kappa shape index (κ1) is 24.0. The number of aromatic nitrogens is 1. The fraction of sp³-hybridized carbons (Fsp3) is 0.346. The third-order valence-electron chi connectivity index (χ3n) is 5.53. The summed E-state index contributed by atoms with van der Waals surface area (Å²) in [5.74, 6) is 1.35. The van der Waals surface area contributed by atoms with Crippen molar-refractivity contribution in [3.05, 3.63) is 83.2 Å². The van der Waals surface area contributed by atoms with Gasteiger partial charge in [-0.05, 0) is 48.4 Å². The Labute approximate surface area is 198 Å². The molecule has 4 N–H and O–H groups in total. The van der Waals surface area contributed by atoms with Crippen LogP contribution in [0.1, 0.15) is 28.6 Å². The van der Waals surface area contributed by atoms with Crippen LogP contribution in [0.5, 0.6) is 17.2 Å². The molecule has 1 aromatic heterocycles. The quantitative estimate of drug-likeness (QED) is 0.319. The number of nitrogens with zero attached hydrogens (tertiary/aromatic N) is 1. The first-order chi connectivity index (χ1) is 16.6. The normalized spacial score (nSPS) is 15.8. The Hall–Kier alpha value is -3.17. The highest BCUT2D eigenvalue weighted by Gasteiger charge is 2.21. The molecule has 4 rings (SSSR count). The Morgan fingerprint density at radius 1 is 1.06 bits per heavy atom. The van der Waals surface area contributed by atoms with Crippen molar-refractivity contribution in [2.24, 2.45) is 0 Å². The van der Waals surface area contributed by atoms with Crippen molar-refractivity contribution in [2.75, 3.05) is 26.3 Å². The largest absolute Gasteiger partial charge is 0.506 e. The van der Waals surface area contributed by atoms with Gasteiger partial charge in [0.25, 0.3) is 0 Å². The van der Waals surface area contributed by atoms with Gasteiger partial charge >= 0.3 is 0 Å². The lowest BCUT2D eigenvalue weighted by molar-refractivity contribution is 0.00266. The molecule has 0 fully saturated rings. The standard InChI is InChI=1S/C26H30N2O6/c29-14-22-23(30)8-7-21(28-22)24(31)13-27-11-10-18-6-9-25-26(12-18)34-20(17-33-25)16-32-15-19-4-2-1-3-5-19/h1-9,12,20,24,27,29-31H,10-11,13-17H2. The van der Waals surface area contributed by atoms with Gasteiger partial charge in [0.15, 0.2) is 17.6 Å². The zero-order chi connectivity index (χ0) is 23.8. The third-order valence-corrected chi connectivity index (χ3v) is 5.53. The van der Waals surface area contributed by atoms with Crippen LogP contribution in [-0.4, -0.2) is 52.7 Å². The lowest BCUT2D eigenvalue weighted by Crippen LogP contribution is -2.33. The predicted molar refractivity (Wildman–Crippen MR) is 126 cm³/mol. The van der Waals surface area contributed by atoms with E-state index in [1.807, 2.05) is 48.5 Å². The number of hydrogen-bond acceptors (Lipinski definition) is 8. The third kappa shape index (κ3) is 6.45. The molecule has 2 aromatic carbocycles. The number of fused-ring (bicyclic) bond motifs is 1. The van der Waals surface area contributed by atoms with Crippen LogP contribution in [0, 0.1) is 0 Å². The van der Waals surface area contributed by atoms with Crippen LogP contribution in [-0.2, 0) is 24.4 Å². The molecule has 1 aliphatic heterocycles. The molecule has 8 heteroatoms. The van der Waals surface area contributed by atoms with Crippen LogP contribution in [0.4, 0.5) is 0 Å². The molecule has 0 bridgehead atoms. The van der Waals surface area contributed by atoms with Crippen molar-refractivity contribution in [2.45, 2.75) is 31.8 Å². The van der Waals surface area contributed by atoms with E-state index in [1.165, 1.54) is 6.07 Å². The minimum absolute atomic E-state index is 0.0880. The van der Waals surface area contributed by atoms with Gasteiger partial charge in [-0.3, -0.25) is 0 Å². The van der Waals surface area contributed by atoms with E-state index < -0.39 is 6.10 Å². The smallest absolute Gasteiger partial charge is 0.162 e. The van der Waals surface area contributed by atoms with Gasteiger partial charge in [-0.1, -0.05) is 36.4 Å². The van der Waals surface area contributed by atoms with Gasteiger partial charge in [0.1, 0.15) is 24.2 Å². The highest BCUT2D eigenvalue weighted by atomic mass is 16.6. The van der Waals surface area contributed by atoms with E-state index in [0.717, 1.165) is 23.3 Å². The van der Waals surface area contributed by atoms with Crippen LogP contribution in [0.3, 0.4) is 0 Å². The molecule has 0 aliphatic carbocycles. The van der Waals surface area contributed by atoms with Gasteiger partial charge in [-0.25, -0.2) is 4.98 Å².